The first-order chi connectivity index (χ1) is 14.6. The van der Waals surface area contributed by atoms with Crippen LogP contribution in [-0.4, -0.2) is 63.2 Å². The maximum absolute atomic E-state index is 4.44. The Morgan fingerprint density at radius 3 is 2.47 bits per heavy atom. The van der Waals surface area contributed by atoms with Crippen LogP contribution in [0.25, 0.3) is 11.0 Å². The maximum Gasteiger partial charge on any atom is 0.141 e. The number of nitrogens with one attached hydrogen (secondary N) is 1. The average molecular weight is 424 g/mol. The van der Waals surface area contributed by atoms with Gasteiger partial charge in [-0.2, -0.15) is 0 Å². The summed E-state index contributed by atoms with van der Waals surface area (Å²) in [6.45, 7) is 13.7. The fourth-order valence-electron chi connectivity index (χ4n) is 4.42. The Bertz CT molecular complexity index is 952. The summed E-state index contributed by atoms with van der Waals surface area (Å²) < 4.78 is 0. The number of hydrogen-bond acceptors (Lipinski definition) is 5. The van der Waals surface area contributed by atoms with Gasteiger partial charge in [0.1, 0.15) is 17.0 Å². The summed E-state index contributed by atoms with van der Waals surface area (Å²) >= 11 is 1.85. The largest absolute Gasteiger partial charge is 0.346 e. The number of aromatic nitrogens is 3. The SMILES string of the molecule is Cc1cc(C)c(CN2CCN(CCCCSc3ncnc4[nH]ccc34)CC2)c(C)c1. The highest BCUT2D eigenvalue weighted by atomic mass is 32.2. The number of rotatable bonds is 8. The first kappa shape index (κ1) is 21.3. The van der Waals surface area contributed by atoms with E-state index in [-0.39, 0.29) is 0 Å². The van der Waals surface area contributed by atoms with Gasteiger partial charge in [-0.3, -0.25) is 4.90 Å². The molecular formula is C24H33N5S. The predicted octanol–water partition coefficient (Wildman–Crippen LogP) is 4.57. The van der Waals surface area contributed by atoms with Gasteiger partial charge in [-0.05, 0) is 68.7 Å². The molecule has 4 rings (SSSR count). The van der Waals surface area contributed by atoms with E-state index in [0.717, 1.165) is 28.4 Å². The molecule has 1 N–H and O–H groups in total. The van der Waals surface area contributed by atoms with E-state index in [0.29, 0.717) is 0 Å². The topological polar surface area (TPSA) is 48.1 Å². The number of hydrogen-bond donors (Lipinski definition) is 1. The van der Waals surface area contributed by atoms with Crippen molar-refractivity contribution >= 4 is 22.8 Å². The summed E-state index contributed by atoms with van der Waals surface area (Å²) in [5, 5.41) is 2.23. The number of nitrogens with zero attached hydrogens (tertiary/aromatic N) is 4. The molecule has 6 heteroatoms. The Balaban J connectivity index is 1.16. The van der Waals surface area contributed by atoms with Crippen LogP contribution in [0, 0.1) is 20.8 Å². The van der Waals surface area contributed by atoms with Crippen LogP contribution in [0.1, 0.15) is 35.1 Å². The van der Waals surface area contributed by atoms with Crippen LogP contribution in [0.2, 0.25) is 0 Å². The third-order valence-corrected chi connectivity index (χ3v) is 7.20. The average Bonchev–Trinajstić information content (AvgIpc) is 3.21. The zero-order valence-electron chi connectivity index (χ0n) is 18.4. The van der Waals surface area contributed by atoms with Crippen molar-refractivity contribution in [3.05, 3.63) is 53.0 Å². The van der Waals surface area contributed by atoms with E-state index >= 15 is 0 Å². The lowest BCUT2D eigenvalue weighted by Gasteiger charge is -2.35. The van der Waals surface area contributed by atoms with E-state index in [1.165, 1.54) is 67.8 Å². The van der Waals surface area contributed by atoms with Gasteiger partial charge in [0.05, 0.1) is 5.39 Å². The lowest BCUT2D eigenvalue weighted by molar-refractivity contribution is 0.126. The Kier molecular flexibility index (Phi) is 7.08. The first-order valence-electron chi connectivity index (χ1n) is 11.0. The zero-order valence-corrected chi connectivity index (χ0v) is 19.3. The van der Waals surface area contributed by atoms with Gasteiger partial charge in [0.25, 0.3) is 0 Å². The van der Waals surface area contributed by atoms with Crippen molar-refractivity contribution in [2.75, 3.05) is 38.5 Å². The summed E-state index contributed by atoms with van der Waals surface area (Å²) in [6, 6.07) is 6.70. The Morgan fingerprint density at radius 1 is 0.967 bits per heavy atom. The van der Waals surface area contributed by atoms with E-state index in [1.807, 2.05) is 18.0 Å². The summed E-state index contributed by atoms with van der Waals surface area (Å²) in [5.41, 5.74) is 6.70. The van der Waals surface area contributed by atoms with Crippen molar-refractivity contribution in [2.24, 2.45) is 0 Å². The van der Waals surface area contributed by atoms with Gasteiger partial charge in [0.15, 0.2) is 0 Å². The predicted molar refractivity (Wildman–Crippen MR) is 126 cm³/mol. The molecule has 0 bridgehead atoms. The summed E-state index contributed by atoms with van der Waals surface area (Å²) in [6.07, 6.45) is 6.07. The second kappa shape index (κ2) is 9.94. The van der Waals surface area contributed by atoms with Gasteiger partial charge in [0.2, 0.25) is 0 Å². The van der Waals surface area contributed by atoms with Crippen molar-refractivity contribution in [2.45, 2.75) is 45.2 Å². The van der Waals surface area contributed by atoms with Crippen LogP contribution in [0.3, 0.4) is 0 Å². The number of benzene rings is 1. The van der Waals surface area contributed by atoms with Gasteiger partial charge >= 0.3 is 0 Å². The highest BCUT2D eigenvalue weighted by molar-refractivity contribution is 7.99. The molecule has 0 amide bonds. The van der Waals surface area contributed by atoms with Crippen molar-refractivity contribution in [3.8, 4) is 0 Å². The molecule has 1 aliphatic heterocycles. The molecule has 3 aromatic rings. The molecular weight excluding hydrogens is 390 g/mol. The molecule has 1 saturated heterocycles. The maximum atomic E-state index is 4.44. The zero-order chi connectivity index (χ0) is 20.9. The normalized spacial score (nSPS) is 15.8. The standard InChI is InChI=1S/C24H33N5S/c1-18-14-19(2)22(20(3)15-18)16-29-11-9-28(10-12-29)8-4-5-13-30-24-21-6-7-25-23(21)26-17-27-24/h6-7,14-15,17H,4-5,8-13,16H2,1-3H3,(H,25,26,27). The molecule has 0 radical (unpaired) electrons. The second-order valence-electron chi connectivity index (χ2n) is 8.47. The summed E-state index contributed by atoms with van der Waals surface area (Å²) in [7, 11) is 0. The highest BCUT2D eigenvalue weighted by Crippen LogP contribution is 2.24. The van der Waals surface area contributed by atoms with Crippen LogP contribution in [0.5, 0.6) is 0 Å². The van der Waals surface area contributed by atoms with Crippen LogP contribution in [0.4, 0.5) is 0 Å². The van der Waals surface area contributed by atoms with E-state index in [4.69, 9.17) is 0 Å². The number of H-pyrrole nitrogens is 1. The van der Waals surface area contributed by atoms with Gasteiger partial charge in [-0.15, -0.1) is 11.8 Å². The van der Waals surface area contributed by atoms with Crippen LogP contribution < -0.4 is 0 Å². The summed E-state index contributed by atoms with van der Waals surface area (Å²) in [5.74, 6) is 1.11. The quantitative estimate of drug-likeness (QED) is 0.327. The highest BCUT2D eigenvalue weighted by Gasteiger charge is 2.18. The Hall–Kier alpha value is -1.89. The minimum Gasteiger partial charge on any atom is -0.346 e. The number of unbranched alkanes of at least 4 members (excludes halogenated alkanes) is 1. The van der Waals surface area contributed by atoms with E-state index in [2.05, 4.69) is 63.7 Å². The third kappa shape index (κ3) is 5.23. The van der Waals surface area contributed by atoms with Gasteiger partial charge in [-0.25, -0.2) is 9.97 Å². The molecule has 0 atom stereocenters. The molecule has 0 spiro atoms. The van der Waals surface area contributed by atoms with Crippen molar-refractivity contribution in [1.82, 2.24) is 24.8 Å². The molecule has 5 nitrogen and oxygen atoms in total. The molecule has 160 valence electrons. The molecule has 1 aliphatic rings. The molecule has 0 unspecified atom stereocenters. The fraction of sp³-hybridized carbons (Fsp3) is 0.500. The lowest BCUT2D eigenvalue weighted by atomic mass is 9.99. The first-order valence-corrected chi connectivity index (χ1v) is 12.0. The lowest BCUT2D eigenvalue weighted by Crippen LogP contribution is -2.46. The minimum atomic E-state index is 0.932. The van der Waals surface area contributed by atoms with Crippen LogP contribution >= 0.6 is 11.8 Å². The monoisotopic (exact) mass is 423 g/mol. The van der Waals surface area contributed by atoms with E-state index in [1.54, 1.807) is 6.33 Å². The molecule has 0 saturated carbocycles. The number of aromatic amines is 1. The second-order valence-corrected chi connectivity index (χ2v) is 9.55. The Morgan fingerprint density at radius 2 is 1.70 bits per heavy atom. The van der Waals surface area contributed by atoms with Gasteiger partial charge in [-0.1, -0.05) is 17.7 Å². The van der Waals surface area contributed by atoms with Crippen molar-refractivity contribution in [1.29, 1.82) is 0 Å². The van der Waals surface area contributed by atoms with Gasteiger partial charge < -0.3 is 9.88 Å². The van der Waals surface area contributed by atoms with E-state index < -0.39 is 0 Å². The van der Waals surface area contributed by atoms with Crippen LogP contribution in [0.15, 0.2) is 35.7 Å². The molecule has 3 heterocycles. The molecule has 1 fully saturated rings. The molecule has 1 aromatic carbocycles. The van der Waals surface area contributed by atoms with Crippen molar-refractivity contribution < 1.29 is 0 Å². The minimum absolute atomic E-state index is 0.932. The van der Waals surface area contributed by atoms with Gasteiger partial charge in [0, 0.05) is 38.9 Å². The Labute approximate surface area is 184 Å². The number of thioether (sulfide) groups is 1. The number of fused-ring (bicyclic) bond motifs is 1. The fourth-order valence-corrected chi connectivity index (χ4v) is 5.41. The summed E-state index contributed by atoms with van der Waals surface area (Å²) in [4.78, 5) is 17.1. The smallest absolute Gasteiger partial charge is 0.141 e. The molecule has 0 aliphatic carbocycles. The van der Waals surface area contributed by atoms with E-state index in [9.17, 15) is 0 Å². The third-order valence-electron chi connectivity index (χ3n) is 6.11. The number of aryl methyl sites for hydroxylation is 3. The molecule has 2 aromatic heterocycles. The van der Waals surface area contributed by atoms with Crippen molar-refractivity contribution in [3.63, 3.8) is 0 Å². The molecule has 30 heavy (non-hydrogen) atoms. The number of piperazine rings is 1. The van der Waals surface area contributed by atoms with Crippen LogP contribution in [-0.2, 0) is 6.54 Å².